The van der Waals surface area contributed by atoms with Crippen molar-refractivity contribution in [2.75, 3.05) is 13.7 Å². The first-order valence-electron chi connectivity index (χ1n) is 6.08. The van der Waals surface area contributed by atoms with Crippen LogP contribution in [0, 0.1) is 0 Å². The second-order valence-electron chi connectivity index (χ2n) is 3.97. The minimum atomic E-state index is -0.553. The van der Waals surface area contributed by atoms with Gasteiger partial charge in [0.1, 0.15) is 5.75 Å². The standard InChI is InChI=1S/C14H20O4/c1-4-8-17-14(15)11(2)18-10-12-6-5-7-13(9-12)16-3/h5-7,9,11H,4,8,10H2,1-3H3. The van der Waals surface area contributed by atoms with E-state index in [2.05, 4.69) is 0 Å². The minimum Gasteiger partial charge on any atom is -0.497 e. The van der Waals surface area contributed by atoms with Crippen molar-refractivity contribution in [3.8, 4) is 5.75 Å². The SMILES string of the molecule is CCCOC(=O)C(C)OCc1cccc(OC)c1. The predicted molar refractivity (Wildman–Crippen MR) is 68.5 cm³/mol. The molecule has 1 unspecified atom stereocenters. The van der Waals surface area contributed by atoms with Crippen molar-refractivity contribution >= 4 is 5.97 Å². The Morgan fingerprint density at radius 1 is 1.39 bits per heavy atom. The number of hydrogen-bond acceptors (Lipinski definition) is 4. The summed E-state index contributed by atoms with van der Waals surface area (Å²) >= 11 is 0. The lowest BCUT2D eigenvalue weighted by Crippen LogP contribution is -2.23. The largest absolute Gasteiger partial charge is 0.497 e. The van der Waals surface area contributed by atoms with Gasteiger partial charge in [-0.1, -0.05) is 19.1 Å². The molecule has 0 saturated carbocycles. The summed E-state index contributed by atoms with van der Waals surface area (Å²) < 4.78 is 15.6. The average Bonchev–Trinajstić information content (AvgIpc) is 2.42. The summed E-state index contributed by atoms with van der Waals surface area (Å²) in [5.41, 5.74) is 0.962. The van der Waals surface area contributed by atoms with Crippen LogP contribution in [0.4, 0.5) is 0 Å². The molecule has 1 aromatic rings. The Balaban J connectivity index is 2.41. The molecule has 1 rings (SSSR count). The van der Waals surface area contributed by atoms with Crippen LogP contribution in [0.25, 0.3) is 0 Å². The molecule has 0 aliphatic carbocycles. The topological polar surface area (TPSA) is 44.8 Å². The third kappa shape index (κ3) is 4.75. The normalized spacial score (nSPS) is 11.9. The molecule has 0 saturated heterocycles. The summed E-state index contributed by atoms with van der Waals surface area (Å²) in [5, 5.41) is 0. The Labute approximate surface area is 108 Å². The van der Waals surface area contributed by atoms with Crippen LogP contribution >= 0.6 is 0 Å². The summed E-state index contributed by atoms with van der Waals surface area (Å²) in [7, 11) is 1.62. The molecule has 1 aromatic carbocycles. The fourth-order valence-electron chi connectivity index (χ4n) is 1.37. The van der Waals surface area contributed by atoms with Crippen molar-refractivity contribution in [2.24, 2.45) is 0 Å². The lowest BCUT2D eigenvalue weighted by Gasteiger charge is -2.12. The molecular weight excluding hydrogens is 232 g/mol. The lowest BCUT2D eigenvalue weighted by atomic mass is 10.2. The Kier molecular flexibility index (Phi) is 6.22. The van der Waals surface area contributed by atoms with E-state index < -0.39 is 6.10 Å². The molecule has 100 valence electrons. The minimum absolute atomic E-state index is 0.320. The van der Waals surface area contributed by atoms with Crippen LogP contribution in [-0.4, -0.2) is 25.8 Å². The van der Waals surface area contributed by atoms with Crippen molar-refractivity contribution in [3.05, 3.63) is 29.8 Å². The molecule has 0 aliphatic heterocycles. The zero-order valence-electron chi connectivity index (χ0n) is 11.1. The van der Waals surface area contributed by atoms with Gasteiger partial charge >= 0.3 is 5.97 Å². The highest BCUT2D eigenvalue weighted by Crippen LogP contribution is 2.14. The first kappa shape index (κ1) is 14.5. The molecule has 18 heavy (non-hydrogen) atoms. The highest BCUT2D eigenvalue weighted by atomic mass is 16.6. The summed E-state index contributed by atoms with van der Waals surface area (Å²) in [4.78, 5) is 11.5. The predicted octanol–water partition coefficient (Wildman–Crippen LogP) is 2.55. The molecule has 0 N–H and O–H groups in total. The molecule has 0 heterocycles. The Bertz CT molecular complexity index is 376. The van der Waals surface area contributed by atoms with Gasteiger partial charge in [0, 0.05) is 0 Å². The molecule has 1 atom stereocenters. The number of hydrogen-bond donors (Lipinski definition) is 0. The summed E-state index contributed by atoms with van der Waals surface area (Å²) in [6.45, 7) is 4.44. The van der Waals surface area contributed by atoms with E-state index in [0.717, 1.165) is 17.7 Å². The molecule has 4 heteroatoms. The number of rotatable bonds is 7. The van der Waals surface area contributed by atoms with Gasteiger partial charge in [0.2, 0.25) is 0 Å². The second-order valence-corrected chi connectivity index (χ2v) is 3.97. The zero-order chi connectivity index (χ0) is 13.4. The monoisotopic (exact) mass is 252 g/mol. The first-order valence-corrected chi connectivity index (χ1v) is 6.08. The van der Waals surface area contributed by atoms with E-state index in [-0.39, 0.29) is 5.97 Å². The van der Waals surface area contributed by atoms with Gasteiger partial charge in [-0.2, -0.15) is 0 Å². The maximum Gasteiger partial charge on any atom is 0.334 e. The van der Waals surface area contributed by atoms with E-state index in [1.165, 1.54) is 0 Å². The van der Waals surface area contributed by atoms with Crippen molar-refractivity contribution in [1.29, 1.82) is 0 Å². The van der Waals surface area contributed by atoms with Crippen LogP contribution < -0.4 is 4.74 Å². The quantitative estimate of drug-likeness (QED) is 0.700. The lowest BCUT2D eigenvalue weighted by molar-refractivity contribution is -0.156. The van der Waals surface area contributed by atoms with Crippen molar-refractivity contribution in [2.45, 2.75) is 33.0 Å². The van der Waals surface area contributed by atoms with E-state index in [0.29, 0.717) is 13.2 Å². The van der Waals surface area contributed by atoms with Crippen molar-refractivity contribution in [1.82, 2.24) is 0 Å². The van der Waals surface area contributed by atoms with Gasteiger partial charge in [-0.15, -0.1) is 0 Å². The van der Waals surface area contributed by atoms with Gasteiger partial charge in [-0.05, 0) is 31.0 Å². The van der Waals surface area contributed by atoms with E-state index in [9.17, 15) is 4.79 Å². The van der Waals surface area contributed by atoms with Crippen LogP contribution in [-0.2, 0) is 20.9 Å². The van der Waals surface area contributed by atoms with Crippen LogP contribution in [0.1, 0.15) is 25.8 Å². The number of carbonyl (C=O) groups excluding carboxylic acids is 1. The number of benzene rings is 1. The summed E-state index contributed by atoms with van der Waals surface area (Å²) in [5.74, 6) is 0.456. The van der Waals surface area contributed by atoms with E-state index in [4.69, 9.17) is 14.2 Å². The van der Waals surface area contributed by atoms with Crippen LogP contribution in [0.15, 0.2) is 24.3 Å². The maximum atomic E-state index is 11.5. The fraction of sp³-hybridized carbons (Fsp3) is 0.500. The van der Waals surface area contributed by atoms with Crippen LogP contribution in [0.2, 0.25) is 0 Å². The van der Waals surface area contributed by atoms with Crippen molar-refractivity contribution in [3.63, 3.8) is 0 Å². The number of esters is 1. The maximum absolute atomic E-state index is 11.5. The molecule has 0 aliphatic rings. The molecule has 0 amide bonds. The van der Waals surface area contributed by atoms with Gasteiger partial charge in [0.25, 0.3) is 0 Å². The third-order valence-corrected chi connectivity index (χ3v) is 2.41. The summed E-state index contributed by atoms with van der Waals surface area (Å²) in [6, 6.07) is 7.55. The van der Waals surface area contributed by atoms with Gasteiger partial charge in [-0.25, -0.2) is 4.79 Å². The van der Waals surface area contributed by atoms with E-state index in [1.807, 2.05) is 31.2 Å². The number of methoxy groups -OCH3 is 1. The van der Waals surface area contributed by atoms with Crippen LogP contribution in [0.5, 0.6) is 5.75 Å². The third-order valence-electron chi connectivity index (χ3n) is 2.41. The van der Waals surface area contributed by atoms with Gasteiger partial charge in [0.15, 0.2) is 6.10 Å². The fourth-order valence-corrected chi connectivity index (χ4v) is 1.37. The Morgan fingerprint density at radius 2 is 2.17 bits per heavy atom. The average molecular weight is 252 g/mol. The highest BCUT2D eigenvalue weighted by molar-refractivity contribution is 5.74. The number of ether oxygens (including phenoxy) is 3. The first-order chi connectivity index (χ1) is 8.67. The van der Waals surface area contributed by atoms with Gasteiger partial charge < -0.3 is 14.2 Å². The summed E-state index contributed by atoms with van der Waals surface area (Å²) in [6.07, 6.45) is 0.261. The molecule has 0 radical (unpaired) electrons. The van der Waals surface area contributed by atoms with Crippen molar-refractivity contribution < 1.29 is 19.0 Å². The van der Waals surface area contributed by atoms with Gasteiger partial charge in [-0.3, -0.25) is 0 Å². The highest BCUT2D eigenvalue weighted by Gasteiger charge is 2.14. The molecule has 4 nitrogen and oxygen atoms in total. The molecular formula is C14H20O4. The smallest absolute Gasteiger partial charge is 0.334 e. The zero-order valence-corrected chi connectivity index (χ0v) is 11.1. The molecule has 0 fully saturated rings. The number of carbonyl (C=O) groups is 1. The van der Waals surface area contributed by atoms with Gasteiger partial charge in [0.05, 0.1) is 20.3 Å². The Hall–Kier alpha value is -1.55. The second kappa shape index (κ2) is 7.71. The molecule has 0 spiro atoms. The van der Waals surface area contributed by atoms with E-state index in [1.54, 1.807) is 14.0 Å². The van der Waals surface area contributed by atoms with E-state index >= 15 is 0 Å². The molecule has 0 bridgehead atoms. The van der Waals surface area contributed by atoms with Crippen LogP contribution in [0.3, 0.4) is 0 Å². The molecule has 0 aromatic heterocycles. The Morgan fingerprint density at radius 3 is 2.83 bits per heavy atom.